The van der Waals surface area contributed by atoms with Crippen LogP contribution < -0.4 is 16.0 Å². The molecule has 4 aliphatic heterocycles. The van der Waals surface area contributed by atoms with Gasteiger partial charge in [-0.1, -0.05) is 69.3 Å². The molecule has 6 rings (SSSR count). The zero-order chi connectivity index (χ0) is 60.5. The lowest BCUT2D eigenvalue weighted by atomic mass is 9.80. The molecule has 0 radical (unpaired) electrons. The SMILES string of the molecule is CO[C@H]1C[C@@H]2CC[C@@H](C)[C@@](O)(O2)C(=O)C(=O)N2CCCC[C@H]2C(=O)O[C@H]([C@H](N)C[C@@H]2CC[C@@H](O)[C@H](OC)C2)C[C@@H](O)[C@H](C)/C=C(\C)[C@@H](O)[C@@H](O)/C(=N/OCC(=O)NCc2cnc(N3CCN(C)CC3)nc2)[C@H](C)C[C@H](C)/C=C/C=C/C=C/1C. The number of carbonyl (C=O) groups excluding carboxylic acids is 4. The summed E-state index contributed by atoms with van der Waals surface area (Å²) in [6, 6.07) is -2.04. The molecule has 0 aromatic carbocycles. The molecule has 1 aliphatic carbocycles. The number of methoxy groups -OCH3 is 2. The number of hydrogen-bond donors (Lipinski definition) is 7. The van der Waals surface area contributed by atoms with Gasteiger partial charge in [0.05, 0.1) is 36.2 Å². The van der Waals surface area contributed by atoms with Gasteiger partial charge < -0.3 is 75.1 Å². The minimum atomic E-state index is -2.47. The topological polar surface area (TPSA) is 301 Å². The second-order valence-electron chi connectivity index (χ2n) is 24.1. The van der Waals surface area contributed by atoms with Crippen molar-refractivity contribution in [3.63, 3.8) is 0 Å². The Bertz CT molecular complexity index is 2430. The molecule has 22 nitrogen and oxygen atoms in total. The summed E-state index contributed by atoms with van der Waals surface area (Å²) in [4.78, 5) is 76.5. The number of esters is 1. The lowest BCUT2D eigenvalue weighted by molar-refractivity contribution is -0.265. The van der Waals surface area contributed by atoms with E-state index in [4.69, 9.17) is 29.5 Å². The molecule has 1 saturated carbocycles. The first kappa shape index (κ1) is 67.1. The number of anilines is 1. The van der Waals surface area contributed by atoms with E-state index in [0.717, 1.165) is 36.7 Å². The van der Waals surface area contributed by atoms with Crippen molar-refractivity contribution in [2.45, 2.75) is 192 Å². The van der Waals surface area contributed by atoms with Gasteiger partial charge in [-0.3, -0.25) is 14.4 Å². The van der Waals surface area contributed by atoms with Crippen molar-refractivity contribution in [3.05, 3.63) is 65.6 Å². The Balaban J connectivity index is 1.26. The third-order valence-corrected chi connectivity index (χ3v) is 17.5. The molecule has 2 amide bonds. The molecular formula is C61H96N8O14. The molecule has 8 N–H and O–H groups in total. The summed E-state index contributed by atoms with van der Waals surface area (Å²) in [7, 11) is 5.18. The first-order valence-corrected chi connectivity index (χ1v) is 29.9. The Morgan fingerprint density at radius 2 is 1.58 bits per heavy atom. The molecule has 464 valence electrons. The number of carbonyl (C=O) groups is 4. The number of nitrogens with zero attached hydrogens (tertiary/aromatic N) is 6. The summed E-state index contributed by atoms with van der Waals surface area (Å²) >= 11 is 0. The summed E-state index contributed by atoms with van der Waals surface area (Å²) < 4.78 is 23.9. The fourth-order valence-electron chi connectivity index (χ4n) is 12.0. The molecule has 1 aromatic heterocycles. The van der Waals surface area contributed by atoms with Gasteiger partial charge in [0.2, 0.25) is 11.7 Å². The largest absolute Gasteiger partial charge is 0.459 e. The average Bonchev–Trinajstić information content (AvgIpc) is 3.65. The zero-order valence-electron chi connectivity index (χ0n) is 50.4. The highest BCUT2D eigenvalue weighted by molar-refractivity contribution is 6.39. The highest BCUT2D eigenvalue weighted by Gasteiger charge is 2.53. The number of piperidine rings is 1. The van der Waals surface area contributed by atoms with E-state index < -0.39 is 115 Å². The number of rotatable bonds is 11. The maximum Gasteiger partial charge on any atom is 0.329 e. The van der Waals surface area contributed by atoms with Crippen LogP contribution >= 0.6 is 0 Å². The van der Waals surface area contributed by atoms with Crippen LogP contribution in [0.5, 0.6) is 0 Å². The number of hydrogen-bond acceptors (Lipinski definition) is 20. The second-order valence-corrected chi connectivity index (χ2v) is 24.1. The van der Waals surface area contributed by atoms with Crippen molar-refractivity contribution in [2.75, 3.05) is 65.5 Å². The molecule has 0 spiro atoms. The lowest BCUT2D eigenvalue weighted by Gasteiger charge is -2.42. The van der Waals surface area contributed by atoms with Crippen LogP contribution in [-0.4, -0.2) is 202 Å². The highest BCUT2D eigenvalue weighted by Crippen LogP contribution is 2.37. The van der Waals surface area contributed by atoms with Crippen molar-refractivity contribution >= 4 is 35.2 Å². The van der Waals surface area contributed by atoms with E-state index in [1.807, 2.05) is 51.2 Å². The van der Waals surface area contributed by atoms with E-state index in [9.17, 15) is 44.7 Å². The van der Waals surface area contributed by atoms with Crippen LogP contribution in [0.2, 0.25) is 0 Å². The van der Waals surface area contributed by atoms with Crippen LogP contribution in [0.25, 0.3) is 0 Å². The Morgan fingerprint density at radius 1 is 0.855 bits per heavy atom. The second kappa shape index (κ2) is 31.9. The summed E-state index contributed by atoms with van der Waals surface area (Å²) in [5.41, 5.74) is 8.88. The van der Waals surface area contributed by atoms with Crippen molar-refractivity contribution < 1.29 is 68.5 Å². The smallest absolute Gasteiger partial charge is 0.329 e. The number of fused-ring (bicyclic) bond motifs is 3. The fourth-order valence-corrected chi connectivity index (χ4v) is 12.0. The molecule has 5 heterocycles. The van der Waals surface area contributed by atoms with Crippen LogP contribution in [0.3, 0.4) is 0 Å². The fraction of sp³-hybridized carbons (Fsp3) is 0.721. The summed E-state index contributed by atoms with van der Waals surface area (Å²) in [6.45, 7) is 13.9. The number of allylic oxidation sites excluding steroid dienone is 5. The summed E-state index contributed by atoms with van der Waals surface area (Å²) in [5, 5.41) is 65.5. The molecule has 1 aromatic rings. The van der Waals surface area contributed by atoms with Gasteiger partial charge in [-0.25, -0.2) is 14.8 Å². The Kier molecular flexibility index (Phi) is 25.8. The van der Waals surface area contributed by atoms with Crippen LogP contribution in [0, 0.1) is 29.6 Å². The minimum Gasteiger partial charge on any atom is -0.459 e. The number of oxime groups is 1. The third-order valence-electron chi connectivity index (χ3n) is 17.5. The molecular weight excluding hydrogens is 1070 g/mol. The number of piperazine rings is 1. The van der Waals surface area contributed by atoms with Crippen molar-refractivity contribution in [1.82, 2.24) is 25.1 Å². The number of amides is 2. The van der Waals surface area contributed by atoms with Crippen LogP contribution in [-0.2, 0) is 49.5 Å². The number of ether oxygens (including phenoxy) is 4. The van der Waals surface area contributed by atoms with E-state index in [-0.39, 0.29) is 55.5 Å². The zero-order valence-corrected chi connectivity index (χ0v) is 50.4. The highest BCUT2D eigenvalue weighted by atomic mass is 16.6. The monoisotopic (exact) mass is 1160 g/mol. The van der Waals surface area contributed by atoms with Gasteiger partial charge >= 0.3 is 5.97 Å². The van der Waals surface area contributed by atoms with Gasteiger partial charge in [-0.15, -0.1) is 0 Å². The number of cyclic esters (lactones) is 1. The van der Waals surface area contributed by atoms with Crippen molar-refractivity contribution in [1.29, 1.82) is 0 Å². The van der Waals surface area contributed by atoms with Gasteiger partial charge in [0.1, 0.15) is 24.4 Å². The summed E-state index contributed by atoms with van der Waals surface area (Å²) in [5.74, 6) is -7.40. The number of aliphatic hydroxyl groups excluding tert-OH is 4. The van der Waals surface area contributed by atoms with E-state index >= 15 is 0 Å². The van der Waals surface area contributed by atoms with Gasteiger partial charge in [-0.2, -0.15) is 0 Å². The number of Topliss-reactive ketones (excluding diaryl/α,β-unsaturated/α-hetero) is 1. The summed E-state index contributed by atoms with van der Waals surface area (Å²) in [6.07, 6.45) is 11.4. The average molecular weight is 1170 g/mol. The van der Waals surface area contributed by atoms with Gasteiger partial charge in [0.25, 0.3) is 17.6 Å². The first-order chi connectivity index (χ1) is 39.5. The van der Waals surface area contributed by atoms with Crippen LogP contribution in [0.4, 0.5) is 5.95 Å². The number of aromatic nitrogens is 2. The number of nitrogens with one attached hydrogen (secondary N) is 1. The Labute approximate surface area is 490 Å². The molecule has 22 heteroatoms. The predicted octanol–water partition coefficient (Wildman–Crippen LogP) is 3.67. The molecule has 3 saturated heterocycles. The van der Waals surface area contributed by atoms with Gasteiger partial charge in [0, 0.05) is 108 Å². The number of likely N-dealkylation sites (N-methyl/N-ethyl adjacent to an activating group) is 1. The van der Waals surface area contributed by atoms with Gasteiger partial charge in [-0.05, 0) is 108 Å². The Morgan fingerprint density at radius 3 is 2.28 bits per heavy atom. The van der Waals surface area contributed by atoms with Crippen molar-refractivity contribution in [2.24, 2.45) is 40.5 Å². The van der Waals surface area contributed by atoms with Gasteiger partial charge in [0.15, 0.2) is 6.61 Å². The lowest BCUT2D eigenvalue weighted by Crippen LogP contribution is -2.61. The van der Waals surface area contributed by atoms with E-state index in [0.29, 0.717) is 69.3 Å². The molecule has 4 fully saturated rings. The van der Waals surface area contributed by atoms with E-state index in [2.05, 4.69) is 37.3 Å². The van der Waals surface area contributed by atoms with Crippen LogP contribution in [0.1, 0.15) is 124 Å². The predicted molar refractivity (Wildman–Crippen MR) is 312 cm³/mol. The molecule has 83 heavy (non-hydrogen) atoms. The van der Waals surface area contributed by atoms with Crippen LogP contribution in [0.15, 0.2) is 65.2 Å². The maximum atomic E-state index is 14.5. The quantitative estimate of drug-likeness (QED) is 0.0720. The molecule has 2 bridgehead atoms. The first-order valence-electron chi connectivity index (χ1n) is 29.9. The number of nitrogens with two attached hydrogens (primary N) is 1. The third kappa shape index (κ3) is 18.7. The molecule has 5 aliphatic rings. The molecule has 16 atom stereocenters. The van der Waals surface area contributed by atoms with E-state index in [1.165, 1.54) is 7.11 Å². The minimum absolute atomic E-state index is 0.0236. The normalized spacial score (nSPS) is 36.8. The Hall–Kier alpha value is -5.01. The van der Waals surface area contributed by atoms with E-state index in [1.54, 1.807) is 46.4 Å². The standard InChI is InChI=1S/C61H96N8O14/c1-37-15-11-10-12-16-38(2)50(79-8)31-45-20-18-42(6)61(78,83-45)57(75)58(76)69-22-14-13-17-47(69)59(77)82-51(46(62)29-43-19-21-48(70)52(30-43)80-9)32-49(71)39(3)28-41(5)55(73)56(74)54(40(4)27-37)66-81-36-53(72)63-33-44-34-64-60(65-35-44)68-25-23-67(7)24-26-68/h10-12,15-16,28,34-35,37,39-40,42-43,45-52,55-56,70-71,73-74,78H,13-14,17-27,29-33,36,62H2,1-9H3,(H,63,72)/b12-10+,15-11+,38-16+,41-28+,66-54+/t37-,39-,40-,42-,43+,45+,46-,47+,48-,49-,50+,51+,52-,55-,56+,61-/m1/s1. The number of ketones is 1. The maximum absolute atomic E-state index is 14.5. The molecule has 0 unspecified atom stereocenters. The van der Waals surface area contributed by atoms with Crippen molar-refractivity contribution in [3.8, 4) is 0 Å². The number of aliphatic hydroxyl groups is 5.